The molecule has 0 atom stereocenters. The Balaban J connectivity index is 3.05. The first kappa shape index (κ1) is 13.0. The maximum absolute atomic E-state index is 10.6. The number of rotatable bonds is 8. The highest BCUT2D eigenvalue weighted by molar-refractivity contribution is 5.60. The summed E-state index contributed by atoms with van der Waals surface area (Å²) >= 11 is 0. The third kappa shape index (κ3) is 9.06. The molecule has 0 aliphatic carbocycles. The van der Waals surface area contributed by atoms with E-state index in [1.165, 1.54) is 0 Å². The van der Waals surface area contributed by atoms with E-state index in [1.54, 1.807) is 7.11 Å². The highest BCUT2D eigenvalue weighted by atomic mass is 16.7. The molecule has 0 fully saturated rings. The summed E-state index contributed by atoms with van der Waals surface area (Å²) in [5.74, 6) is 0. The van der Waals surface area contributed by atoms with Crippen LogP contribution in [0.25, 0.3) is 0 Å². The minimum absolute atomic E-state index is 0.402. The number of methoxy groups -OCH3 is 1. The molecule has 4 heteroatoms. The largest absolute Gasteiger partial charge is 0.513 e. The Bertz CT molecular complexity index is 156. The van der Waals surface area contributed by atoms with E-state index in [0.717, 1.165) is 38.6 Å². The summed E-state index contributed by atoms with van der Waals surface area (Å²) in [5, 5.41) is 0. The predicted molar refractivity (Wildman–Crippen MR) is 53.0 cm³/mol. The molecule has 0 saturated heterocycles. The number of unbranched alkanes of at least 4 members (excludes halogenated alkanes) is 3. The monoisotopic (exact) mass is 202 g/mol. The van der Waals surface area contributed by atoms with Crippen molar-refractivity contribution < 1.29 is 19.0 Å². The van der Waals surface area contributed by atoms with Crippen molar-refractivity contribution in [1.82, 2.24) is 0 Å². The van der Waals surface area contributed by atoms with Crippen LogP contribution in [0.2, 0.25) is 0 Å². The summed E-state index contributed by atoms with van der Waals surface area (Å²) in [6.45, 7) is 4.44. The van der Waals surface area contributed by atoms with E-state index in [4.69, 9.17) is 9.47 Å². The second kappa shape index (κ2) is 10.1. The Morgan fingerprint density at radius 3 is 2.43 bits per heavy atom. The summed E-state index contributed by atoms with van der Waals surface area (Å²) in [4.78, 5) is 10.6. The minimum Gasteiger partial charge on any atom is -0.434 e. The normalized spacial score (nSPS) is 9.50. The van der Waals surface area contributed by atoms with Crippen molar-refractivity contribution in [2.75, 3.05) is 20.3 Å². The van der Waals surface area contributed by atoms with Gasteiger partial charge < -0.3 is 14.2 Å². The maximum atomic E-state index is 10.6. The molecule has 0 heterocycles. The SMILES string of the molecule is C=COC(=O)OCCCCCCOC. The van der Waals surface area contributed by atoms with E-state index < -0.39 is 6.16 Å². The number of hydrogen-bond donors (Lipinski definition) is 0. The molecular formula is C10H18O4. The fourth-order valence-electron chi connectivity index (χ4n) is 0.960. The van der Waals surface area contributed by atoms with Crippen molar-refractivity contribution in [2.45, 2.75) is 25.7 Å². The van der Waals surface area contributed by atoms with Crippen molar-refractivity contribution in [1.29, 1.82) is 0 Å². The predicted octanol–water partition coefficient (Wildman–Crippen LogP) is 2.49. The molecule has 0 aromatic carbocycles. The van der Waals surface area contributed by atoms with Crippen LogP contribution in [0.3, 0.4) is 0 Å². The lowest BCUT2D eigenvalue weighted by molar-refractivity contribution is 0.0831. The summed E-state index contributed by atoms with van der Waals surface area (Å²) < 4.78 is 14.0. The third-order valence-corrected chi connectivity index (χ3v) is 1.64. The van der Waals surface area contributed by atoms with Crippen LogP contribution < -0.4 is 0 Å². The highest BCUT2D eigenvalue weighted by Crippen LogP contribution is 2.00. The van der Waals surface area contributed by atoms with Gasteiger partial charge in [0.05, 0.1) is 12.9 Å². The zero-order valence-corrected chi connectivity index (χ0v) is 8.66. The number of carbonyl (C=O) groups excluding carboxylic acids is 1. The van der Waals surface area contributed by atoms with Crippen LogP contribution in [0.4, 0.5) is 4.79 Å². The van der Waals surface area contributed by atoms with Crippen LogP contribution in [-0.2, 0) is 14.2 Å². The van der Waals surface area contributed by atoms with Crippen LogP contribution in [0.1, 0.15) is 25.7 Å². The van der Waals surface area contributed by atoms with Gasteiger partial charge >= 0.3 is 6.16 Å². The number of ether oxygens (including phenoxy) is 3. The molecule has 0 rings (SSSR count). The Morgan fingerprint density at radius 1 is 1.21 bits per heavy atom. The Morgan fingerprint density at radius 2 is 1.86 bits per heavy atom. The molecule has 0 saturated carbocycles. The summed E-state index contributed by atoms with van der Waals surface area (Å²) in [7, 11) is 1.69. The molecule has 0 aliphatic rings. The molecule has 0 radical (unpaired) electrons. The molecule has 4 nitrogen and oxygen atoms in total. The van der Waals surface area contributed by atoms with E-state index in [2.05, 4.69) is 11.3 Å². The van der Waals surface area contributed by atoms with Gasteiger partial charge in [-0.05, 0) is 19.3 Å². The smallest absolute Gasteiger partial charge is 0.434 e. The average molecular weight is 202 g/mol. The van der Waals surface area contributed by atoms with E-state index in [0.29, 0.717) is 6.61 Å². The lowest BCUT2D eigenvalue weighted by Crippen LogP contribution is -2.04. The Hall–Kier alpha value is -1.03. The van der Waals surface area contributed by atoms with Crippen LogP contribution in [0, 0.1) is 0 Å². The molecule has 82 valence electrons. The molecule has 0 bridgehead atoms. The number of hydrogen-bond acceptors (Lipinski definition) is 4. The summed E-state index contributed by atoms with van der Waals surface area (Å²) in [5.41, 5.74) is 0. The van der Waals surface area contributed by atoms with Crippen LogP contribution >= 0.6 is 0 Å². The van der Waals surface area contributed by atoms with Crippen LogP contribution in [0.15, 0.2) is 12.8 Å². The van der Waals surface area contributed by atoms with E-state index >= 15 is 0 Å². The van der Waals surface area contributed by atoms with Gasteiger partial charge in [-0.15, -0.1) is 0 Å². The van der Waals surface area contributed by atoms with Crippen molar-refractivity contribution >= 4 is 6.16 Å². The van der Waals surface area contributed by atoms with Crippen molar-refractivity contribution in [3.8, 4) is 0 Å². The van der Waals surface area contributed by atoms with Gasteiger partial charge in [0.1, 0.15) is 0 Å². The molecule has 0 unspecified atom stereocenters. The van der Waals surface area contributed by atoms with Crippen molar-refractivity contribution in [2.24, 2.45) is 0 Å². The highest BCUT2D eigenvalue weighted by Gasteiger charge is 1.99. The van der Waals surface area contributed by atoms with Gasteiger partial charge in [0, 0.05) is 13.7 Å². The summed E-state index contributed by atoms with van der Waals surface area (Å²) in [6.07, 6.45) is 4.40. The molecule has 14 heavy (non-hydrogen) atoms. The Kier molecular flexibility index (Phi) is 9.31. The molecular weight excluding hydrogens is 184 g/mol. The van der Waals surface area contributed by atoms with Crippen molar-refractivity contribution in [3.63, 3.8) is 0 Å². The molecule has 0 N–H and O–H groups in total. The molecule has 0 aromatic heterocycles. The quantitative estimate of drug-likeness (QED) is 0.344. The van der Waals surface area contributed by atoms with E-state index in [9.17, 15) is 4.79 Å². The average Bonchev–Trinajstić information content (AvgIpc) is 2.17. The third-order valence-electron chi connectivity index (χ3n) is 1.64. The standard InChI is InChI=1S/C10H18O4/c1-3-13-10(11)14-9-7-5-4-6-8-12-2/h3H,1,4-9H2,2H3. The lowest BCUT2D eigenvalue weighted by Gasteiger charge is -2.02. The summed E-state index contributed by atoms with van der Waals surface area (Å²) in [6, 6.07) is 0. The molecule has 0 aromatic rings. The van der Waals surface area contributed by atoms with E-state index in [-0.39, 0.29) is 0 Å². The molecule has 0 spiro atoms. The fourth-order valence-corrected chi connectivity index (χ4v) is 0.960. The maximum Gasteiger partial charge on any atom is 0.513 e. The van der Waals surface area contributed by atoms with E-state index in [1.807, 2.05) is 0 Å². The van der Waals surface area contributed by atoms with Crippen LogP contribution in [-0.4, -0.2) is 26.5 Å². The number of carbonyl (C=O) groups is 1. The van der Waals surface area contributed by atoms with Gasteiger partial charge in [0.15, 0.2) is 0 Å². The van der Waals surface area contributed by atoms with Crippen LogP contribution in [0.5, 0.6) is 0 Å². The second-order valence-corrected chi connectivity index (χ2v) is 2.79. The lowest BCUT2D eigenvalue weighted by atomic mass is 10.2. The van der Waals surface area contributed by atoms with Crippen molar-refractivity contribution in [3.05, 3.63) is 12.8 Å². The van der Waals surface area contributed by atoms with Gasteiger partial charge in [-0.2, -0.15) is 0 Å². The first-order chi connectivity index (χ1) is 6.81. The molecule has 0 aliphatic heterocycles. The van der Waals surface area contributed by atoms with Gasteiger partial charge in [-0.1, -0.05) is 13.0 Å². The van der Waals surface area contributed by atoms with Gasteiger partial charge in [0.2, 0.25) is 0 Å². The fraction of sp³-hybridized carbons (Fsp3) is 0.700. The second-order valence-electron chi connectivity index (χ2n) is 2.79. The topological polar surface area (TPSA) is 44.8 Å². The zero-order valence-electron chi connectivity index (χ0n) is 8.66. The zero-order chi connectivity index (χ0) is 10.6. The first-order valence-electron chi connectivity index (χ1n) is 4.74. The minimum atomic E-state index is -0.683. The first-order valence-corrected chi connectivity index (χ1v) is 4.74. The molecule has 0 amide bonds. The van der Waals surface area contributed by atoms with Gasteiger partial charge in [-0.3, -0.25) is 0 Å². The van der Waals surface area contributed by atoms with Gasteiger partial charge in [-0.25, -0.2) is 4.79 Å². The van der Waals surface area contributed by atoms with Gasteiger partial charge in [0.25, 0.3) is 0 Å². The Labute approximate surface area is 84.8 Å².